The van der Waals surface area contributed by atoms with Gasteiger partial charge < -0.3 is 84.9 Å². The van der Waals surface area contributed by atoms with E-state index in [1.807, 2.05) is 6.92 Å². The summed E-state index contributed by atoms with van der Waals surface area (Å²) in [6, 6.07) is 28.7. The summed E-state index contributed by atoms with van der Waals surface area (Å²) >= 11 is 20.8. The summed E-state index contributed by atoms with van der Waals surface area (Å²) < 4.78 is 88.8. The number of aromatic nitrogens is 9. The molecule has 7 radical (unpaired) electrons. The number of hydrogen-bond acceptors (Lipinski definition) is 43. The number of halogens is 4. The standard InChI is InChI=1S/C14H20N2O4.C13H15NO6.C10H7BrN2O3.C10H8N2O3.C10H13NO4S.C10H11NO4.C10H13NO3.C7H3NO3.2C4H8O.CHCl3.BHNS.2B.2Na.2H/c1-10(2)20-14(18)13-11(6-5-7-15-13)8-16(3)9-12(17)19-4;1-4-18-13(17)20-11(15)9-6-5-7-14-10(9)12(16)19-8(2)3;1-16-10(15)7-8(14)6-5(9(11)13-7)3-2-4-12-6;1-15-10(14)8-9(13)7-6(5-12-8)3-2-4-11-7;1-8-3-5-9(6-4-8)16(13,14)11-7-10(12)15-2;1-6(2)15-10(14)8-7(9(12)13)4-3-5-11-8;1-7(2)14-10(13)9-8(6-12)4-3-5-11-9;9-6-4-2-1-3-8-5(4)7(10)11-6;2*1-2-4-5-3-1;2-1(3)4;1-2-3;;;;;;/h5-7,10H,8-9H2,1-4H3;5-8H,4H2,1-3H3;2-4,14H,1H3;2-5,13H,1H3;3-6,11H,7H2,1-2H3;3-6H,1-2H3,(H,12,13);3-5,7,12H,6H2,1-2H3;1-3H;2*1-4H2;1H;3H;;;;;;/q;;;;;;;;;;;;;;2*+1;2*-1. The van der Waals surface area contributed by atoms with E-state index >= 15 is 0 Å². The number of benzene rings is 1. The Morgan fingerprint density at radius 1 is 0.541 bits per heavy atom. The molecule has 0 saturated carbocycles. The first-order chi connectivity index (χ1) is 68.3. The van der Waals surface area contributed by atoms with E-state index in [0.29, 0.717) is 44.1 Å². The third-order valence-electron chi connectivity index (χ3n) is 16.8. The largest absolute Gasteiger partial charge is 1.00 e. The van der Waals surface area contributed by atoms with E-state index in [1.54, 1.807) is 147 Å². The molecule has 0 bridgehead atoms. The summed E-state index contributed by atoms with van der Waals surface area (Å²) in [5.74, 6) is -8.80. The van der Waals surface area contributed by atoms with Gasteiger partial charge >= 0.3 is 162 Å². The van der Waals surface area contributed by atoms with Crippen LogP contribution in [-0.2, 0) is 94.3 Å². The molecule has 0 aliphatic carbocycles. The molecule has 0 amide bonds. The van der Waals surface area contributed by atoms with Crippen molar-refractivity contribution in [2.45, 2.75) is 142 Å². The van der Waals surface area contributed by atoms with Gasteiger partial charge in [-0.05, 0) is 208 Å². The third-order valence-corrected chi connectivity index (χ3v) is 18.8. The number of carbonyl (C=O) groups excluding carboxylic acids is 12. The van der Waals surface area contributed by atoms with E-state index in [1.165, 1.54) is 140 Å². The van der Waals surface area contributed by atoms with Crippen LogP contribution in [0.25, 0.3) is 21.8 Å². The number of nitrogens with one attached hydrogen (secondary N) is 1. The van der Waals surface area contributed by atoms with Gasteiger partial charge in [0.25, 0.3) is 0 Å². The van der Waals surface area contributed by atoms with Crippen LogP contribution in [0.5, 0.6) is 11.5 Å². The number of likely N-dealkylation sites (N-methyl/N-ethyl adjacent to an activating group) is 1. The molecule has 2 fully saturated rings. The number of carboxylic acid groups (broad SMARTS) is 1. The monoisotopic (exact) mass is 2230 g/mol. The zero-order valence-electron chi connectivity index (χ0n) is 85.8. The van der Waals surface area contributed by atoms with Crippen LogP contribution >= 0.6 is 63.5 Å². The van der Waals surface area contributed by atoms with E-state index < -0.39 is 86.1 Å². The number of cyclic esters (lactones) is 2. The first kappa shape index (κ1) is 141. The number of sulfonamides is 1. The Balaban J connectivity index is -0.000000520. The number of fused-ring (bicyclic) bond motifs is 3. The van der Waals surface area contributed by atoms with Crippen LogP contribution in [0.4, 0.5) is 4.79 Å². The van der Waals surface area contributed by atoms with Gasteiger partial charge in [0.15, 0.2) is 55.7 Å². The van der Waals surface area contributed by atoms with Gasteiger partial charge in [-0.1, -0.05) is 64.6 Å². The van der Waals surface area contributed by atoms with Crippen LogP contribution in [0.1, 0.15) is 212 Å². The summed E-state index contributed by atoms with van der Waals surface area (Å²) in [5.41, 5.74) is 2.66. The van der Waals surface area contributed by atoms with Gasteiger partial charge in [0.1, 0.15) is 22.2 Å². The molecular formula is C93H110B3BrCl3N12Na2O32S2. The van der Waals surface area contributed by atoms with Gasteiger partial charge in [0.2, 0.25) is 10.0 Å². The third kappa shape index (κ3) is 53.5. The average Bonchev–Trinajstić information content (AvgIpc) is 1.10. The Labute approximate surface area is 934 Å². The normalized spacial score (nSPS) is 11.2. The van der Waals surface area contributed by atoms with E-state index in [2.05, 4.69) is 123 Å². The molecule has 55 heteroatoms. The SMILES string of the molecule is C1CCOC1.C1CCOC1.CC(C)OC(=O)c1ncccc1C(=O)O.CC(C)OC(=O)c1ncccc1CO.CCOC(=O)OC(=O)c1cccnc1C(=O)OC(C)C.COC(=O)CN(C)Cc1cccnc1C(=O)OC(C)C.COC(=O)CNS(=O)(=O)c1ccc(C)cc1.COC(=O)c1nc(Br)c2cccnc2c1O.COC(=O)c1ncc2cccnc2c1O.ClC(Cl)Cl.O=C1OC(=O)c2ncccc21.[B].[B].[B]=NS.[H-].[H-].[Na+].[Na+]. The molecule has 2 saturated heterocycles. The number of carboxylic acids is 1. The quantitative estimate of drug-likeness (QED) is 0.00774. The van der Waals surface area contributed by atoms with Crippen LogP contribution in [0.2, 0.25) is 0 Å². The number of alkyl halides is 3. The molecule has 3 aliphatic heterocycles. The van der Waals surface area contributed by atoms with Crippen molar-refractivity contribution in [1.82, 2.24) is 54.5 Å². The Hall–Kier alpha value is -11.6. The van der Waals surface area contributed by atoms with Crippen LogP contribution in [-0.4, -0.2) is 291 Å². The average molecular weight is 2240 g/mol. The maximum atomic E-state index is 11.9. The van der Waals surface area contributed by atoms with Gasteiger partial charge in [-0.2, -0.15) is 4.72 Å². The minimum absolute atomic E-state index is 0. The fourth-order valence-electron chi connectivity index (χ4n) is 10.5. The maximum Gasteiger partial charge on any atom is 1.00 e. The topological polar surface area (TPSA) is 601 Å². The van der Waals surface area contributed by atoms with Crippen LogP contribution in [0.15, 0.2) is 173 Å². The van der Waals surface area contributed by atoms with E-state index in [0.717, 1.165) is 32.0 Å². The second kappa shape index (κ2) is 77.8. The fourth-order valence-corrected chi connectivity index (χ4v) is 12.0. The number of hydrogen-bond donors (Lipinski definition) is 6. The Kier molecular flexibility index (Phi) is 73.8. The van der Waals surface area contributed by atoms with Gasteiger partial charge in [-0.25, -0.2) is 96.0 Å². The number of nitrogens with zero attached hydrogens (tertiary/aromatic N) is 11. The molecule has 5 N–H and O–H groups in total. The molecule has 10 aromatic rings. The van der Waals surface area contributed by atoms with Crippen LogP contribution in [0, 0.1) is 6.92 Å². The number of aromatic hydroxyl groups is 2. The molecule has 12 heterocycles. The number of carbonyl (C=O) groups is 13. The number of esters is 11. The van der Waals surface area contributed by atoms with Crippen molar-refractivity contribution < 1.29 is 215 Å². The van der Waals surface area contributed by atoms with Gasteiger partial charge in [-0.3, -0.25) is 24.5 Å². The molecule has 0 spiro atoms. The Bertz CT molecular complexity index is 5980. The summed E-state index contributed by atoms with van der Waals surface area (Å²) in [6.45, 7) is 21.3. The molecular weight excluding hydrogens is 2130 g/mol. The zero-order chi connectivity index (χ0) is 108. The molecule has 1 aromatic carbocycles. The molecule has 785 valence electrons. The summed E-state index contributed by atoms with van der Waals surface area (Å²) in [4.78, 5) is 183. The molecule has 148 heavy (non-hydrogen) atoms. The number of pyridine rings is 9. The molecule has 44 nitrogen and oxygen atoms in total. The van der Waals surface area contributed by atoms with Crippen molar-refractivity contribution in [1.29, 1.82) is 0 Å². The predicted molar refractivity (Wildman–Crippen MR) is 540 cm³/mol. The minimum Gasteiger partial charge on any atom is -1.00 e. The molecule has 3 aliphatic rings. The minimum atomic E-state index is -3.63. The van der Waals surface area contributed by atoms with Crippen molar-refractivity contribution in [2.24, 2.45) is 4.30 Å². The second-order valence-electron chi connectivity index (χ2n) is 29.1. The molecule has 0 unspecified atom stereocenters. The number of rotatable bonds is 22. The summed E-state index contributed by atoms with van der Waals surface area (Å²) in [5, 5.41) is 38.6. The predicted octanol–water partition coefficient (Wildman–Crippen LogP) is 6.78. The Morgan fingerprint density at radius 2 is 0.946 bits per heavy atom. The van der Waals surface area contributed by atoms with Crippen molar-refractivity contribution in [3.63, 3.8) is 0 Å². The smallest absolute Gasteiger partial charge is 1.00 e. The van der Waals surface area contributed by atoms with E-state index in [-0.39, 0.29) is 208 Å². The Morgan fingerprint density at radius 3 is 1.39 bits per heavy atom. The number of aliphatic hydroxyl groups excluding tert-OH is 1. The van der Waals surface area contributed by atoms with Crippen molar-refractivity contribution in [3.8, 4) is 11.5 Å². The van der Waals surface area contributed by atoms with Crippen LogP contribution < -0.4 is 63.8 Å². The number of thiol groups is 1. The van der Waals surface area contributed by atoms with Crippen LogP contribution in [0.3, 0.4) is 0 Å². The van der Waals surface area contributed by atoms with Crippen molar-refractivity contribution in [3.05, 3.63) is 237 Å². The molecule has 9 aromatic heterocycles. The van der Waals surface area contributed by atoms with E-state index in [9.17, 15) is 81.0 Å². The number of ether oxygens (including phenoxy) is 13. The van der Waals surface area contributed by atoms with Crippen molar-refractivity contribution in [2.75, 3.05) is 81.6 Å². The first-order valence-corrected chi connectivity index (χ1v) is 46.6. The van der Waals surface area contributed by atoms with E-state index in [4.69, 9.17) is 73.4 Å². The van der Waals surface area contributed by atoms with Crippen molar-refractivity contribution >= 4 is 198 Å². The number of aromatic carboxylic acids is 1. The summed E-state index contributed by atoms with van der Waals surface area (Å²) in [6.07, 6.45) is 14.6. The zero-order valence-corrected chi connectivity index (χ0v) is 93.4. The first-order valence-electron chi connectivity index (χ1n) is 42.6. The number of aryl methyl sites for hydroxylation is 1. The van der Waals surface area contributed by atoms with Gasteiger partial charge in [0.05, 0.1) is 94.2 Å². The maximum absolute atomic E-state index is 11.9. The second-order valence-corrected chi connectivity index (χ2v) is 33.8. The molecule has 0 atom stereocenters. The fraction of sp³-hybridized carbons (Fsp3) is 0.355. The molecule has 13 rings (SSSR count). The number of methoxy groups -OCH3 is 4. The van der Waals surface area contributed by atoms with Gasteiger partial charge in [0, 0.05) is 116 Å². The summed E-state index contributed by atoms with van der Waals surface area (Å²) in [7, 11) is 7.46. The van der Waals surface area contributed by atoms with Gasteiger partial charge in [-0.15, -0.1) is 0 Å². The number of aliphatic hydroxyl groups is 1.